The Kier molecular flexibility index (Phi) is 5.18. The van der Waals surface area contributed by atoms with Gasteiger partial charge in [-0.2, -0.15) is 0 Å². The summed E-state index contributed by atoms with van der Waals surface area (Å²) < 4.78 is 37.4. The van der Waals surface area contributed by atoms with Crippen LogP contribution in [0, 0.1) is 5.82 Å². The van der Waals surface area contributed by atoms with Crippen LogP contribution in [0.3, 0.4) is 0 Å². The third kappa shape index (κ3) is 3.56. The highest BCUT2D eigenvalue weighted by molar-refractivity contribution is 8.26. The van der Waals surface area contributed by atoms with Crippen LogP contribution in [-0.2, 0) is 26.0 Å². The summed E-state index contributed by atoms with van der Waals surface area (Å²) in [4.78, 5) is 29.9. The van der Waals surface area contributed by atoms with Gasteiger partial charge in [-0.25, -0.2) is 12.8 Å². The molecule has 3 aliphatic heterocycles. The number of fused-ring (bicyclic) bond motifs is 1. The van der Waals surface area contributed by atoms with Gasteiger partial charge in [-0.3, -0.25) is 14.5 Å². The molecule has 2 aromatic rings. The molecule has 2 fully saturated rings. The fourth-order valence-electron chi connectivity index (χ4n) is 4.25. The first-order chi connectivity index (χ1) is 15.2. The Bertz CT molecular complexity index is 1300. The molecule has 2 saturated heterocycles. The fourth-order valence-corrected chi connectivity index (χ4v) is 7.42. The lowest BCUT2D eigenvalue weighted by Gasteiger charge is -2.21. The van der Waals surface area contributed by atoms with Crippen LogP contribution in [0.4, 0.5) is 10.1 Å². The summed E-state index contributed by atoms with van der Waals surface area (Å²) in [7, 11) is -3.20. The summed E-state index contributed by atoms with van der Waals surface area (Å²) in [5.41, 5.74) is 2.30. The average Bonchev–Trinajstić information content (AvgIpc) is 3.35. The largest absolute Gasteiger partial charge is 0.303 e. The third-order valence-electron chi connectivity index (χ3n) is 5.78. The van der Waals surface area contributed by atoms with Gasteiger partial charge in [0.2, 0.25) is 0 Å². The molecular formula is C22H17FN2O4S3. The van der Waals surface area contributed by atoms with Gasteiger partial charge in [0.05, 0.1) is 40.3 Å². The Balaban J connectivity index is 1.53. The van der Waals surface area contributed by atoms with Crippen molar-refractivity contribution in [2.24, 2.45) is 0 Å². The zero-order valence-corrected chi connectivity index (χ0v) is 19.1. The molecule has 6 nitrogen and oxygen atoms in total. The van der Waals surface area contributed by atoms with Gasteiger partial charge < -0.3 is 4.90 Å². The smallest absolute Gasteiger partial charge is 0.267 e. The quantitative estimate of drug-likeness (QED) is 0.488. The molecule has 0 bridgehead atoms. The molecule has 0 saturated carbocycles. The minimum Gasteiger partial charge on any atom is -0.303 e. The molecule has 10 heteroatoms. The summed E-state index contributed by atoms with van der Waals surface area (Å²) in [5, 5.41) is 0. The molecule has 32 heavy (non-hydrogen) atoms. The Labute approximate surface area is 194 Å². The summed E-state index contributed by atoms with van der Waals surface area (Å²) in [6.45, 7) is 0.223. The SMILES string of the molecule is O=C1/C(=C2\SC(=S)N([C@H]3CCS(=O)(=O)C3)C2=O)c2ccccc2N1Cc1ccc(F)cc1. The van der Waals surface area contributed by atoms with Crippen molar-refractivity contribution in [2.45, 2.75) is 19.0 Å². The Morgan fingerprint density at radius 1 is 1.06 bits per heavy atom. The van der Waals surface area contributed by atoms with Crippen molar-refractivity contribution >= 4 is 61.2 Å². The fraction of sp³-hybridized carbons (Fsp3) is 0.227. The van der Waals surface area contributed by atoms with Crippen LogP contribution < -0.4 is 4.90 Å². The van der Waals surface area contributed by atoms with Crippen LogP contribution >= 0.6 is 24.0 Å². The first kappa shape index (κ1) is 21.3. The van der Waals surface area contributed by atoms with E-state index in [1.54, 1.807) is 41.3 Å². The molecule has 2 amide bonds. The summed E-state index contributed by atoms with van der Waals surface area (Å²) in [6, 6.07) is 12.6. The van der Waals surface area contributed by atoms with E-state index >= 15 is 0 Å². The highest BCUT2D eigenvalue weighted by atomic mass is 32.2. The van der Waals surface area contributed by atoms with Crippen molar-refractivity contribution in [1.29, 1.82) is 0 Å². The molecule has 0 radical (unpaired) electrons. The average molecular weight is 489 g/mol. The maximum absolute atomic E-state index is 13.5. The second-order valence-electron chi connectivity index (χ2n) is 7.84. The Hall–Kier alpha value is -2.56. The number of sulfone groups is 1. The van der Waals surface area contributed by atoms with Crippen molar-refractivity contribution in [1.82, 2.24) is 4.90 Å². The molecule has 0 spiro atoms. The number of thioether (sulfide) groups is 1. The number of anilines is 1. The van der Waals surface area contributed by atoms with Crippen molar-refractivity contribution in [3.8, 4) is 0 Å². The van der Waals surface area contributed by atoms with Gasteiger partial charge in [-0.05, 0) is 30.2 Å². The predicted octanol–water partition coefficient (Wildman–Crippen LogP) is 3.13. The van der Waals surface area contributed by atoms with Crippen LogP contribution in [0.2, 0.25) is 0 Å². The first-order valence-corrected chi connectivity index (χ1v) is 13.0. The minimum absolute atomic E-state index is 0.0217. The number of carbonyl (C=O) groups is 2. The normalized spacial score (nSPS) is 24.5. The minimum atomic E-state index is -3.20. The molecular weight excluding hydrogens is 471 g/mol. The van der Waals surface area contributed by atoms with Crippen LogP contribution in [0.1, 0.15) is 17.5 Å². The maximum atomic E-state index is 13.5. The van der Waals surface area contributed by atoms with Gasteiger partial charge in [0.25, 0.3) is 11.8 Å². The molecule has 3 heterocycles. The number of amides is 2. The van der Waals surface area contributed by atoms with Gasteiger partial charge in [0, 0.05) is 5.56 Å². The Morgan fingerprint density at radius 3 is 2.47 bits per heavy atom. The highest BCUT2D eigenvalue weighted by Gasteiger charge is 2.46. The molecule has 3 aliphatic rings. The molecule has 2 aromatic carbocycles. The van der Waals surface area contributed by atoms with Crippen LogP contribution in [0.15, 0.2) is 53.4 Å². The van der Waals surface area contributed by atoms with Gasteiger partial charge in [0.15, 0.2) is 9.84 Å². The molecule has 164 valence electrons. The first-order valence-electron chi connectivity index (χ1n) is 9.91. The monoisotopic (exact) mass is 488 g/mol. The zero-order valence-electron chi connectivity index (χ0n) is 16.7. The summed E-state index contributed by atoms with van der Waals surface area (Å²) in [5.74, 6) is -1.23. The van der Waals surface area contributed by atoms with E-state index in [4.69, 9.17) is 12.2 Å². The van der Waals surface area contributed by atoms with Crippen molar-refractivity contribution < 1.29 is 22.4 Å². The number of carbonyl (C=O) groups excluding carboxylic acids is 2. The van der Waals surface area contributed by atoms with Gasteiger partial charge >= 0.3 is 0 Å². The summed E-state index contributed by atoms with van der Waals surface area (Å²) in [6.07, 6.45) is 0.332. The number of hydrogen-bond donors (Lipinski definition) is 0. The van der Waals surface area contributed by atoms with E-state index in [-0.39, 0.29) is 44.6 Å². The van der Waals surface area contributed by atoms with Crippen LogP contribution in [0.25, 0.3) is 5.57 Å². The number of nitrogens with zero attached hydrogens (tertiary/aromatic N) is 2. The number of halogens is 1. The van der Waals surface area contributed by atoms with E-state index in [9.17, 15) is 22.4 Å². The molecule has 0 unspecified atom stereocenters. The van der Waals surface area contributed by atoms with Gasteiger partial charge in [0.1, 0.15) is 10.1 Å². The number of rotatable bonds is 3. The third-order valence-corrected chi connectivity index (χ3v) is 8.93. The molecule has 0 aromatic heterocycles. The van der Waals surface area contributed by atoms with E-state index in [1.807, 2.05) is 0 Å². The number of thiocarbonyl (C=S) groups is 1. The van der Waals surface area contributed by atoms with E-state index < -0.39 is 21.8 Å². The van der Waals surface area contributed by atoms with Gasteiger partial charge in [-0.15, -0.1) is 0 Å². The van der Waals surface area contributed by atoms with Crippen LogP contribution in [-0.4, -0.2) is 47.0 Å². The lowest BCUT2D eigenvalue weighted by atomic mass is 10.1. The van der Waals surface area contributed by atoms with Crippen molar-refractivity contribution in [3.63, 3.8) is 0 Å². The second-order valence-corrected chi connectivity index (χ2v) is 11.7. The topological polar surface area (TPSA) is 74.8 Å². The maximum Gasteiger partial charge on any atom is 0.267 e. The number of benzene rings is 2. The number of para-hydroxylation sites is 1. The van der Waals surface area contributed by atoms with Crippen LogP contribution in [0.5, 0.6) is 0 Å². The van der Waals surface area contributed by atoms with E-state index in [1.165, 1.54) is 17.0 Å². The second kappa shape index (κ2) is 7.79. The van der Waals surface area contributed by atoms with E-state index in [0.717, 1.165) is 17.3 Å². The molecule has 0 N–H and O–H groups in total. The predicted molar refractivity (Wildman–Crippen MR) is 125 cm³/mol. The van der Waals surface area contributed by atoms with E-state index in [2.05, 4.69) is 0 Å². The molecule has 1 atom stereocenters. The Morgan fingerprint density at radius 2 is 1.78 bits per heavy atom. The summed E-state index contributed by atoms with van der Waals surface area (Å²) >= 11 is 6.44. The lowest BCUT2D eigenvalue weighted by Crippen LogP contribution is -2.39. The van der Waals surface area contributed by atoms with E-state index in [0.29, 0.717) is 17.7 Å². The van der Waals surface area contributed by atoms with Crippen molar-refractivity contribution in [3.05, 3.63) is 70.4 Å². The molecule has 5 rings (SSSR count). The molecule has 0 aliphatic carbocycles. The highest BCUT2D eigenvalue weighted by Crippen LogP contribution is 2.46. The van der Waals surface area contributed by atoms with Crippen molar-refractivity contribution in [2.75, 3.05) is 16.4 Å². The zero-order chi connectivity index (χ0) is 22.6. The number of hydrogen-bond acceptors (Lipinski definition) is 6. The standard InChI is InChI=1S/C22H17FN2O4S3/c23-14-7-5-13(6-8-14)11-24-17-4-2-1-3-16(17)18(20(24)26)19-21(27)25(22(30)31-19)15-9-10-32(28,29)12-15/h1-8,15H,9-12H2/b19-18-/t15-/m0/s1. The lowest BCUT2D eigenvalue weighted by molar-refractivity contribution is -0.123. The van der Waals surface area contributed by atoms with Gasteiger partial charge in [-0.1, -0.05) is 54.3 Å².